The molecule has 382 valence electrons. The molecular weight excluding hydrogens is 1000 g/mol. The van der Waals surface area contributed by atoms with Gasteiger partial charge in [0.15, 0.2) is 0 Å². The van der Waals surface area contributed by atoms with Crippen molar-refractivity contribution in [2.24, 2.45) is 0 Å². The van der Waals surface area contributed by atoms with Gasteiger partial charge in [-0.2, -0.15) is 0 Å². The number of hydrogen-bond donors (Lipinski definition) is 2. The first-order chi connectivity index (χ1) is 36.3. The van der Waals surface area contributed by atoms with E-state index in [1.165, 1.54) is 36.4 Å². The molecule has 22 nitrogen and oxygen atoms in total. The summed E-state index contributed by atoms with van der Waals surface area (Å²) in [7, 11) is 0. The topological polar surface area (TPSA) is 335 Å². The smallest absolute Gasteiger partial charge is 0.346 e. The fourth-order valence-corrected chi connectivity index (χ4v) is 6.30. The summed E-state index contributed by atoms with van der Waals surface area (Å²) in [5.41, 5.74) is -2.23. The van der Waals surface area contributed by atoms with E-state index in [2.05, 4.69) is 0 Å². The highest BCUT2D eigenvalue weighted by Crippen LogP contribution is 2.17. The molecule has 0 fully saturated rings. The number of ether oxygens (including phenoxy) is 6. The van der Waals surface area contributed by atoms with Crippen LogP contribution in [0.15, 0.2) is 146 Å². The van der Waals surface area contributed by atoms with Crippen LogP contribution in [0.3, 0.4) is 0 Å². The molecule has 0 aromatic heterocycles. The lowest BCUT2D eigenvalue weighted by Crippen LogP contribution is -2.16. The molecule has 6 aromatic rings. The van der Waals surface area contributed by atoms with Crippen LogP contribution in [-0.4, -0.2) is 93.8 Å². The first-order valence-corrected chi connectivity index (χ1v) is 21.9. The fraction of sp³-hybridized carbons (Fsp3) is 0.0741. The first kappa shape index (κ1) is 54.4. The number of carboxylic acid groups (broad SMARTS) is 2. The third-order valence-electron chi connectivity index (χ3n) is 10.3. The van der Waals surface area contributed by atoms with Gasteiger partial charge in [0.05, 0.1) is 66.8 Å². The van der Waals surface area contributed by atoms with Crippen LogP contribution < -0.4 is 0 Å². The van der Waals surface area contributed by atoms with Crippen molar-refractivity contribution in [1.82, 2.24) is 0 Å². The van der Waals surface area contributed by atoms with E-state index < -0.39 is 83.6 Å². The zero-order chi connectivity index (χ0) is 55.1. The summed E-state index contributed by atoms with van der Waals surface area (Å²) in [5.74, 6) is -15.8. The second-order valence-electron chi connectivity index (χ2n) is 15.5. The molecule has 2 N–H and O–H groups in total. The van der Waals surface area contributed by atoms with Crippen molar-refractivity contribution in [2.75, 3.05) is 0 Å². The molecule has 0 atom stereocenters. The molecule has 0 heterocycles. The largest absolute Gasteiger partial charge is 0.478 e. The average Bonchev–Trinajstić information content (AvgIpc) is 3.42. The van der Waals surface area contributed by atoms with Crippen LogP contribution in [0, 0.1) is 0 Å². The summed E-state index contributed by atoms with van der Waals surface area (Å²) >= 11 is 0. The Hall–Kier alpha value is -10.9. The van der Waals surface area contributed by atoms with Gasteiger partial charge in [0, 0.05) is 12.8 Å². The van der Waals surface area contributed by atoms with Crippen LogP contribution in [0.25, 0.3) is 0 Å². The normalized spacial score (nSPS) is 10.4. The number of carbonyl (C=O) groups excluding carboxylic acids is 12. The van der Waals surface area contributed by atoms with E-state index in [1.807, 2.05) is 0 Å². The number of aromatic carboxylic acids is 2. The predicted octanol–water partition coefficient (Wildman–Crippen LogP) is 6.70. The van der Waals surface area contributed by atoms with E-state index in [4.69, 9.17) is 38.6 Å². The third-order valence-corrected chi connectivity index (χ3v) is 10.3. The quantitative estimate of drug-likeness (QED) is 0.0415. The van der Waals surface area contributed by atoms with Gasteiger partial charge in [0.25, 0.3) is 0 Å². The zero-order valence-corrected chi connectivity index (χ0v) is 38.7. The van der Waals surface area contributed by atoms with Gasteiger partial charge in [-0.15, -0.1) is 0 Å². The maximum Gasteiger partial charge on any atom is 0.346 e. The molecule has 0 bridgehead atoms. The van der Waals surface area contributed by atoms with Crippen molar-refractivity contribution in [1.29, 1.82) is 0 Å². The Balaban J connectivity index is 0.878. The first-order valence-electron chi connectivity index (χ1n) is 21.9. The third kappa shape index (κ3) is 14.8. The Labute approximate surface area is 426 Å². The lowest BCUT2D eigenvalue weighted by molar-refractivity contribution is -0.140. The molecule has 6 rings (SSSR count). The SMILES string of the molecule is O=C(CCCCC(=O)OC(=O)c1ccc(C(=O)OC(=O)c2cccc(C(=O)OC(=O)c3ccc(C(=O)O)cc3)c2)cc1)OC(=O)c1ccc(C(=O)OC(=O)c2cccc(C(=O)OC(=O)c3ccc(C(=O)O)cc3)c2)cc1. The highest BCUT2D eigenvalue weighted by atomic mass is 16.6. The van der Waals surface area contributed by atoms with Crippen molar-refractivity contribution in [3.8, 4) is 0 Å². The van der Waals surface area contributed by atoms with Crippen molar-refractivity contribution in [3.63, 3.8) is 0 Å². The molecule has 0 saturated heterocycles. The van der Waals surface area contributed by atoms with Crippen molar-refractivity contribution < 1.29 is 106 Å². The van der Waals surface area contributed by atoms with Gasteiger partial charge in [-0.25, -0.2) is 57.5 Å². The summed E-state index contributed by atoms with van der Waals surface area (Å²) in [6.45, 7) is 0. The number of esters is 12. The lowest BCUT2D eigenvalue weighted by Gasteiger charge is -2.07. The van der Waals surface area contributed by atoms with Gasteiger partial charge >= 0.3 is 83.6 Å². The van der Waals surface area contributed by atoms with E-state index in [9.17, 15) is 67.1 Å². The van der Waals surface area contributed by atoms with E-state index >= 15 is 0 Å². The monoisotopic (exact) mass is 1030 g/mol. The lowest BCUT2D eigenvalue weighted by atomic mass is 10.1. The Kier molecular flexibility index (Phi) is 17.9. The maximum absolute atomic E-state index is 12.7. The predicted molar refractivity (Wildman–Crippen MR) is 251 cm³/mol. The van der Waals surface area contributed by atoms with E-state index in [0.29, 0.717) is 0 Å². The number of benzene rings is 6. The van der Waals surface area contributed by atoms with Crippen molar-refractivity contribution in [2.45, 2.75) is 25.7 Å². The molecule has 0 saturated carbocycles. The minimum absolute atomic E-state index is 0.0248. The molecule has 0 aliphatic heterocycles. The van der Waals surface area contributed by atoms with Crippen LogP contribution in [-0.2, 0) is 38.0 Å². The summed E-state index contributed by atoms with van der Waals surface area (Å²) in [4.78, 5) is 173. The van der Waals surface area contributed by atoms with Gasteiger partial charge in [-0.1, -0.05) is 12.1 Å². The van der Waals surface area contributed by atoms with Gasteiger partial charge in [-0.05, 0) is 146 Å². The van der Waals surface area contributed by atoms with Gasteiger partial charge in [-0.3, -0.25) is 9.59 Å². The van der Waals surface area contributed by atoms with Crippen LogP contribution in [0.1, 0.15) is 150 Å². The molecule has 0 radical (unpaired) electrons. The number of hydrogen-bond acceptors (Lipinski definition) is 20. The van der Waals surface area contributed by atoms with Gasteiger partial charge in [0.1, 0.15) is 0 Å². The van der Waals surface area contributed by atoms with Crippen LogP contribution in [0.2, 0.25) is 0 Å². The second-order valence-corrected chi connectivity index (χ2v) is 15.5. The molecule has 76 heavy (non-hydrogen) atoms. The highest BCUT2D eigenvalue weighted by Gasteiger charge is 2.23. The zero-order valence-electron chi connectivity index (χ0n) is 38.7. The number of rotatable bonds is 17. The van der Waals surface area contributed by atoms with E-state index in [-0.39, 0.29) is 92.4 Å². The van der Waals surface area contributed by atoms with Crippen LogP contribution >= 0.6 is 0 Å². The Morgan fingerprint density at radius 1 is 0.250 bits per heavy atom. The average molecular weight is 1030 g/mol. The second kappa shape index (κ2) is 25.0. The van der Waals surface area contributed by atoms with E-state index in [0.717, 1.165) is 109 Å². The Morgan fingerprint density at radius 2 is 0.434 bits per heavy atom. The van der Waals surface area contributed by atoms with Crippen LogP contribution in [0.5, 0.6) is 0 Å². The van der Waals surface area contributed by atoms with Crippen molar-refractivity contribution in [3.05, 3.63) is 212 Å². The molecule has 0 aliphatic carbocycles. The number of carboxylic acids is 2. The van der Waals surface area contributed by atoms with E-state index in [1.54, 1.807) is 0 Å². The number of carbonyl (C=O) groups is 14. The van der Waals surface area contributed by atoms with Crippen molar-refractivity contribution >= 4 is 83.6 Å². The number of unbranched alkanes of at least 4 members (excludes halogenated alkanes) is 1. The standard InChI is InChI=1S/C54H34O22/c55-41(71-45(61)31-19-23-35(24-20-31)49(65)75-53(69)39-7-3-5-37(27-39)51(67)73-47(63)33-15-11-29(12-16-33)43(57)58)9-1-2-10-42(56)72-46(62)32-21-25-36(26-22-32)50(66)76-54(70)40-8-4-6-38(28-40)52(68)74-48(64)34-17-13-30(14-18-34)44(59)60/h3-8,11-28H,1-2,9-10H2,(H,57,58)(H,59,60). The molecule has 0 amide bonds. The Morgan fingerprint density at radius 3 is 0.645 bits per heavy atom. The maximum atomic E-state index is 12.7. The Bertz CT molecular complexity index is 3130. The minimum atomic E-state index is -1.23. The summed E-state index contributed by atoms with van der Waals surface area (Å²) < 4.78 is 28.9. The molecule has 0 unspecified atom stereocenters. The van der Waals surface area contributed by atoms with Gasteiger partial charge in [0.2, 0.25) is 0 Å². The molecule has 0 aliphatic rings. The summed E-state index contributed by atoms with van der Waals surface area (Å²) in [6.07, 6.45) is -0.608. The summed E-state index contributed by atoms with van der Waals surface area (Å²) in [5, 5.41) is 18.0. The molecule has 0 spiro atoms. The minimum Gasteiger partial charge on any atom is -0.478 e. The molecule has 22 heteroatoms. The van der Waals surface area contributed by atoms with Gasteiger partial charge < -0.3 is 38.6 Å². The van der Waals surface area contributed by atoms with Crippen LogP contribution in [0.4, 0.5) is 0 Å². The summed E-state index contributed by atoms with van der Waals surface area (Å²) in [6, 6.07) is 27.4. The highest BCUT2D eigenvalue weighted by molar-refractivity contribution is 6.08. The fourth-order valence-electron chi connectivity index (χ4n) is 6.30. The molecule has 6 aromatic carbocycles. The molecular formula is C54H34O22.